The SMILES string of the molecule is COc1cc(-n2c(C)ccc2C)ncc1N1CC2CCC(C1)N2. The summed E-state index contributed by atoms with van der Waals surface area (Å²) in [6.07, 6.45) is 4.52. The molecule has 2 unspecified atom stereocenters. The van der Waals surface area contributed by atoms with Gasteiger partial charge in [-0.15, -0.1) is 0 Å². The number of nitrogens with zero attached hydrogens (tertiary/aromatic N) is 3. The van der Waals surface area contributed by atoms with Gasteiger partial charge in [0.15, 0.2) is 0 Å². The first kappa shape index (κ1) is 14.6. The summed E-state index contributed by atoms with van der Waals surface area (Å²) in [6, 6.07) is 7.50. The van der Waals surface area contributed by atoms with Crippen molar-refractivity contribution in [1.82, 2.24) is 14.9 Å². The van der Waals surface area contributed by atoms with Gasteiger partial charge in [0, 0.05) is 42.6 Å². The zero-order valence-corrected chi connectivity index (χ0v) is 14.0. The van der Waals surface area contributed by atoms with E-state index in [9.17, 15) is 0 Å². The van der Waals surface area contributed by atoms with Crippen LogP contribution in [0.2, 0.25) is 0 Å². The molecule has 0 radical (unpaired) electrons. The Bertz CT molecular complexity index is 692. The standard InChI is InChI=1S/C18H24N4O/c1-12-4-5-13(2)22(12)18-8-17(23-3)16(9-19-18)21-10-14-6-7-15(11-21)20-14/h4-5,8-9,14-15,20H,6-7,10-11H2,1-3H3. The van der Waals surface area contributed by atoms with E-state index in [-0.39, 0.29) is 0 Å². The molecule has 0 aliphatic carbocycles. The topological polar surface area (TPSA) is 42.3 Å². The molecule has 2 aromatic heterocycles. The van der Waals surface area contributed by atoms with E-state index < -0.39 is 0 Å². The van der Waals surface area contributed by atoms with Crippen molar-refractivity contribution < 1.29 is 4.74 Å². The number of ether oxygens (including phenoxy) is 1. The lowest BCUT2D eigenvalue weighted by molar-refractivity contribution is 0.407. The summed E-state index contributed by atoms with van der Waals surface area (Å²) >= 11 is 0. The number of anilines is 1. The molecule has 1 N–H and O–H groups in total. The first-order valence-electron chi connectivity index (χ1n) is 8.36. The molecule has 0 spiro atoms. The maximum atomic E-state index is 5.69. The van der Waals surface area contributed by atoms with Crippen LogP contribution in [0.3, 0.4) is 0 Å². The van der Waals surface area contributed by atoms with Crippen molar-refractivity contribution in [2.75, 3.05) is 25.1 Å². The first-order valence-corrected chi connectivity index (χ1v) is 8.36. The molecular formula is C18H24N4O. The zero-order chi connectivity index (χ0) is 16.0. The van der Waals surface area contributed by atoms with Crippen LogP contribution in [0.15, 0.2) is 24.4 Å². The summed E-state index contributed by atoms with van der Waals surface area (Å²) in [5.74, 6) is 1.83. The van der Waals surface area contributed by atoms with Crippen LogP contribution in [-0.2, 0) is 0 Å². The van der Waals surface area contributed by atoms with Crippen molar-refractivity contribution >= 4 is 5.69 Å². The van der Waals surface area contributed by atoms with E-state index in [4.69, 9.17) is 9.72 Å². The third kappa shape index (κ3) is 2.49. The van der Waals surface area contributed by atoms with Crippen LogP contribution in [-0.4, -0.2) is 41.8 Å². The molecule has 2 aromatic rings. The van der Waals surface area contributed by atoms with Gasteiger partial charge < -0.3 is 19.5 Å². The molecule has 4 heterocycles. The van der Waals surface area contributed by atoms with Crippen molar-refractivity contribution in [2.45, 2.75) is 38.8 Å². The molecule has 2 bridgehead atoms. The van der Waals surface area contributed by atoms with E-state index in [1.54, 1.807) is 7.11 Å². The van der Waals surface area contributed by atoms with Gasteiger partial charge >= 0.3 is 0 Å². The van der Waals surface area contributed by atoms with Crippen molar-refractivity contribution in [3.63, 3.8) is 0 Å². The number of hydrogen-bond acceptors (Lipinski definition) is 4. The van der Waals surface area contributed by atoms with Gasteiger partial charge in [0.25, 0.3) is 0 Å². The molecule has 122 valence electrons. The van der Waals surface area contributed by atoms with Gasteiger partial charge in [0.1, 0.15) is 11.6 Å². The summed E-state index contributed by atoms with van der Waals surface area (Å²) in [4.78, 5) is 7.14. The highest BCUT2D eigenvalue weighted by Gasteiger charge is 2.33. The fourth-order valence-corrected chi connectivity index (χ4v) is 3.97. The number of piperazine rings is 1. The molecule has 4 rings (SSSR count). The Labute approximate surface area is 137 Å². The van der Waals surface area contributed by atoms with E-state index in [1.807, 2.05) is 6.20 Å². The van der Waals surface area contributed by atoms with Crippen LogP contribution in [0.25, 0.3) is 5.82 Å². The van der Waals surface area contributed by atoms with Crippen LogP contribution in [0, 0.1) is 13.8 Å². The first-order chi connectivity index (χ1) is 11.2. The Hall–Kier alpha value is -2.01. The molecule has 0 aromatic carbocycles. The monoisotopic (exact) mass is 312 g/mol. The average Bonchev–Trinajstić information content (AvgIpc) is 3.08. The molecule has 2 fully saturated rings. The van der Waals surface area contributed by atoms with Crippen LogP contribution in [0.4, 0.5) is 5.69 Å². The highest BCUT2D eigenvalue weighted by Crippen LogP contribution is 2.33. The molecule has 2 aliphatic heterocycles. The predicted octanol–water partition coefficient (Wildman–Crippen LogP) is 2.44. The summed E-state index contributed by atoms with van der Waals surface area (Å²) in [6.45, 7) is 6.27. The van der Waals surface area contributed by atoms with E-state index in [0.717, 1.165) is 30.3 Å². The minimum atomic E-state index is 0.604. The number of aromatic nitrogens is 2. The fourth-order valence-electron chi connectivity index (χ4n) is 3.97. The van der Waals surface area contributed by atoms with Crippen LogP contribution < -0.4 is 15.0 Å². The lowest BCUT2D eigenvalue weighted by Gasteiger charge is -2.35. The summed E-state index contributed by atoms with van der Waals surface area (Å²) in [5, 5.41) is 3.67. The second kappa shape index (κ2) is 5.57. The average molecular weight is 312 g/mol. The smallest absolute Gasteiger partial charge is 0.147 e. The van der Waals surface area contributed by atoms with Gasteiger partial charge in [-0.05, 0) is 38.8 Å². The number of methoxy groups -OCH3 is 1. The van der Waals surface area contributed by atoms with Crippen LogP contribution >= 0.6 is 0 Å². The maximum absolute atomic E-state index is 5.69. The number of pyridine rings is 1. The Morgan fingerprint density at radius 1 is 1.13 bits per heavy atom. The second-order valence-electron chi connectivity index (χ2n) is 6.71. The highest BCUT2D eigenvalue weighted by atomic mass is 16.5. The molecule has 2 saturated heterocycles. The van der Waals surface area contributed by atoms with Crippen molar-refractivity contribution in [3.05, 3.63) is 35.8 Å². The molecule has 2 atom stereocenters. The summed E-state index contributed by atoms with van der Waals surface area (Å²) in [7, 11) is 1.74. The maximum Gasteiger partial charge on any atom is 0.147 e. The number of fused-ring (bicyclic) bond motifs is 2. The van der Waals surface area contributed by atoms with Gasteiger partial charge in [-0.25, -0.2) is 4.98 Å². The number of rotatable bonds is 3. The molecule has 23 heavy (non-hydrogen) atoms. The van der Waals surface area contributed by atoms with Crippen LogP contribution in [0.5, 0.6) is 5.75 Å². The highest BCUT2D eigenvalue weighted by molar-refractivity contribution is 5.60. The Morgan fingerprint density at radius 2 is 1.78 bits per heavy atom. The van der Waals surface area contributed by atoms with E-state index >= 15 is 0 Å². The van der Waals surface area contributed by atoms with E-state index in [1.165, 1.54) is 24.2 Å². The van der Waals surface area contributed by atoms with Gasteiger partial charge in [-0.2, -0.15) is 0 Å². The van der Waals surface area contributed by atoms with Crippen molar-refractivity contribution in [3.8, 4) is 11.6 Å². The normalized spacial score (nSPS) is 23.3. The lowest BCUT2D eigenvalue weighted by atomic mass is 10.2. The Kier molecular flexibility index (Phi) is 3.53. The number of nitrogens with one attached hydrogen (secondary N) is 1. The van der Waals surface area contributed by atoms with Crippen molar-refractivity contribution in [1.29, 1.82) is 0 Å². The minimum Gasteiger partial charge on any atom is -0.494 e. The van der Waals surface area contributed by atoms with Gasteiger partial charge in [0.05, 0.1) is 19.0 Å². The minimum absolute atomic E-state index is 0.604. The lowest BCUT2D eigenvalue weighted by Crippen LogP contribution is -2.51. The molecule has 2 aliphatic rings. The number of hydrogen-bond donors (Lipinski definition) is 1. The zero-order valence-electron chi connectivity index (χ0n) is 14.0. The predicted molar refractivity (Wildman–Crippen MR) is 91.7 cm³/mol. The fraction of sp³-hybridized carbons (Fsp3) is 0.500. The number of aryl methyl sites for hydroxylation is 2. The van der Waals surface area contributed by atoms with Gasteiger partial charge in [0.2, 0.25) is 0 Å². The molecule has 5 heteroatoms. The van der Waals surface area contributed by atoms with E-state index in [2.05, 4.69) is 46.8 Å². The quantitative estimate of drug-likeness (QED) is 0.945. The molecule has 0 saturated carbocycles. The van der Waals surface area contributed by atoms with E-state index in [0.29, 0.717) is 12.1 Å². The summed E-state index contributed by atoms with van der Waals surface area (Å²) in [5.41, 5.74) is 3.48. The molecule has 5 nitrogen and oxygen atoms in total. The summed E-state index contributed by atoms with van der Waals surface area (Å²) < 4.78 is 7.85. The largest absolute Gasteiger partial charge is 0.494 e. The Morgan fingerprint density at radius 3 is 2.39 bits per heavy atom. The van der Waals surface area contributed by atoms with Crippen molar-refractivity contribution in [2.24, 2.45) is 0 Å². The third-order valence-electron chi connectivity index (χ3n) is 5.11. The molecule has 0 amide bonds. The third-order valence-corrected chi connectivity index (χ3v) is 5.11. The van der Waals surface area contributed by atoms with Gasteiger partial charge in [-0.3, -0.25) is 0 Å². The van der Waals surface area contributed by atoms with Crippen LogP contribution in [0.1, 0.15) is 24.2 Å². The van der Waals surface area contributed by atoms with Gasteiger partial charge in [-0.1, -0.05) is 0 Å². The second-order valence-corrected chi connectivity index (χ2v) is 6.71. The molecular weight excluding hydrogens is 288 g/mol. The Balaban J connectivity index is 1.69.